The minimum absolute atomic E-state index is 0.0244. The maximum absolute atomic E-state index is 14.5. The third kappa shape index (κ3) is 4.17. The molecule has 4 rings (SSSR count). The zero-order valence-electron chi connectivity index (χ0n) is 15.4. The molecule has 4 aromatic rings. The Morgan fingerprint density at radius 1 is 0.833 bits per heavy atom. The summed E-state index contributed by atoms with van der Waals surface area (Å²) in [7, 11) is 0. The quantitative estimate of drug-likeness (QED) is 0.402. The molecular weight excluding hydrogens is 398 g/mol. The van der Waals surface area contributed by atoms with Gasteiger partial charge in [-0.2, -0.15) is 13.2 Å². The first-order chi connectivity index (χ1) is 14.4. The van der Waals surface area contributed by atoms with Crippen LogP contribution in [-0.4, -0.2) is 10.2 Å². The number of anilines is 1. The third-order valence-corrected chi connectivity index (χ3v) is 4.43. The Kier molecular flexibility index (Phi) is 5.22. The fraction of sp³-hybridized carbons (Fsp3) is 0.0909. The summed E-state index contributed by atoms with van der Waals surface area (Å²) >= 11 is 0. The molecule has 1 aromatic heterocycles. The predicted octanol–water partition coefficient (Wildman–Crippen LogP) is 6.10. The summed E-state index contributed by atoms with van der Waals surface area (Å²) < 4.78 is 59.5. The number of nitrogens with zero attached hydrogens (tertiary/aromatic N) is 2. The van der Waals surface area contributed by atoms with Crippen LogP contribution in [0, 0.1) is 5.82 Å². The second-order valence-corrected chi connectivity index (χ2v) is 6.49. The number of alkyl halides is 3. The fourth-order valence-corrected chi connectivity index (χ4v) is 2.98. The van der Waals surface area contributed by atoms with E-state index in [0.29, 0.717) is 5.56 Å². The van der Waals surface area contributed by atoms with Crippen molar-refractivity contribution in [3.05, 3.63) is 102 Å². The minimum Gasteiger partial charge on any atom is -0.418 e. The summed E-state index contributed by atoms with van der Waals surface area (Å²) in [6.45, 7) is 0. The maximum Gasteiger partial charge on any atom is 0.416 e. The van der Waals surface area contributed by atoms with Gasteiger partial charge in [0.1, 0.15) is 11.9 Å². The third-order valence-electron chi connectivity index (χ3n) is 4.43. The molecule has 8 heteroatoms. The normalized spacial score (nSPS) is 12.5. The summed E-state index contributed by atoms with van der Waals surface area (Å²) in [6.07, 6.45) is -4.50. The van der Waals surface area contributed by atoms with Crippen LogP contribution in [0.4, 0.5) is 23.2 Å². The molecule has 0 amide bonds. The van der Waals surface area contributed by atoms with Crippen LogP contribution in [0.15, 0.2) is 83.3 Å². The van der Waals surface area contributed by atoms with Gasteiger partial charge < -0.3 is 9.73 Å². The van der Waals surface area contributed by atoms with E-state index < -0.39 is 23.6 Å². The highest BCUT2D eigenvalue weighted by Crippen LogP contribution is 2.33. The predicted molar refractivity (Wildman–Crippen MR) is 103 cm³/mol. The van der Waals surface area contributed by atoms with E-state index in [1.165, 1.54) is 30.3 Å². The first-order valence-corrected chi connectivity index (χ1v) is 8.99. The number of halogens is 4. The van der Waals surface area contributed by atoms with E-state index >= 15 is 0 Å². The highest BCUT2D eigenvalue weighted by atomic mass is 19.4. The van der Waals surface area contributed by atoms with Crippen LogP contribution in [0.5, 0.6) is 0 Å². The number of benzene rings is 3. The minimum atomic E-state index is -4.50. The summed E-state index contributed by atoms with van der Waals surface area (Å²) in [6, 6.07) is 18.5. The summed E-state index contributed by atoms with van der Waals surface area (Å²) in [5, 5.41) is 10.9. The topological polar surface area (TPSA) is 51.0 Å². The molecule has 0 saturated carbocycles. The Morgan fingerprint density at radius 2 is 1.57 bits per heavy atom. The number of hydrogen-bond acceptors (Lipinski definition) is 4. The Labute approximate surface area is 169 Å². The first-order valence-electron chi connectivity index (χ1n) is 8.99. The van der Waals surface area contributed by atoms with Crippen molar-refractivity contribution >= 4 is 5.69 Å². The maximum atomic E-state index is 14.5. The van der Waals surface area contributed by atoms with Gasteiger partial charge in [-0.1, -0.05) is 42.5 Å². The van der Waals surface area contributed by atoms with Crippen molar-refractivity contribution in [2.45, 2.75) is 12.2 Å². The molecule has 0 aliphatic rings. The Bertz CT molecular complexity index is 1140. The summed E-state index contributed by atoms with van der Waals surface area (Å²) in [4.78, 5) is 0. The van der Waals surface area contributed by atoms with Gasteiger partial charge in [0.15, 0.2) is 0 Å². The van der Waals surface area contributed by atoms with Crippen LogP contribution in [0.1, 0.15) is 23.1 Å². The lowest BCUT2D eigenvalue weighted by molar-refractivity contribution is -0.137. The van der Waals surface area contributed by atoms with Gasteiger partial charge in [0, 0.05) is 16.8 Å². The van der Waals surface area contributed by atoms with Crippen LogP contribution in [0.3, 0.4) is 0 Å². The van der Waals surface area contributed by atoms with Gasteiger partial charge in [0.05, 0.1) is 5.56 Å². The molecule has 152 valence electrons. The largest absolute Gasteiger partial charge is 0.418 e. The van der Waals surface area contributed by atoms with Crippen molar-refractivity contribution in [1.29, 1.82) is 0 Å². The van der Waals surface area contributed by atoms with Gasteiger partial charge in [-0.05, 0) is 36.4 Å². The molecule has 4 nitrogen and oxygen atoms in total. The van der Waals surface area contributed by atoms with Crippen molar-refractivity contribution in [3.63, 3.8) is 0 Å². The SMILES string of the molecule is Fc1ccccc1[C@@H](Nc1cccc(C(F)(F)F)c1)c1nnc(-c2ccccc2)o1. The molecule has 30 heavy (non-hydrogen) atoms. The summed E-state index contributed by atoms with van der Waals surface area (Å²) in [5.41, 5.74) is 0.147. The Hall–Kier alpha value is -3.68. The van der Waals surface area contributed by atoms with Crippen LogP contribution in [0.25, 0.3) is 11.5 Å². The molecule has 0 aliphatic heterocycles. The van der Waals surface area contributed by atoms with E-state index in [4.69, 9.17) is 4.42 Å². The molecule has 0 aliphatic carbocycles. The average molecular weight is 413 g/mol. The molecular formula is C22H15F4N3O. The monoisotopic (exact) mass is 413 g/mol. The lowest BCUT2D eigenvalue weighted by Crippen LogP contribution is -2.15. The van der Waals surface area contributed by atoms with E-state index in [0.717, 1.165) is 12.1 Å². The highest BCUT2D eigenvalue weighted by molar-refractivity contribution is 5.53. The standard InChI is InChI=1S/C22H15F4N3O/c23-18-12-5-4-11-17(18)19(27-16-10-6-9-15(13-16)22(24,25)26)21-29-28-20(30-21)14-7-2-1-3-8-14/h1-13,19,27H/t19-/m1/s1. The van der Waals surface area contributed by atoms with E-state index in [2.05, 4.69) is 15.5 Å². The second kappa shape index (κ2) is 7.98. The lowest BCUT2D eigenvalue weighted by atomic mass is 10.1. The van der Waals surface area contributed by atoms with Crippen molar-refractivity contribution in [2.24, 2.45) is 0 Å². The molecule has 0 unspecified atom stereocenters. The molecule has 0 spiro atoms. The van der Waals surface area contributed by atoms with Gasteiger partial charge in [-0.25, -0.2) is 4.39 Å². The van der Waals surface area contributed by atoms with Gasteiger partial charge in [-0.3, -0.25) is 0 Å². The number of aromatic nitrogens is 2. The van der Waals surface area contributed by atoms with E-state index in [1.807, 2.05) is 6.07 Å². The molecule has 0 radical (unpaired) electrons. The molecule has 0 bridgehead atoms. The lowest BCUT2D eigenvalue weighted by Gasteiger charge is -2.18. The first kappa shape index (κ1) is 19.6. The summed E-state index contributed by atoms with van der Waals surface area (Å²) in [5.74, 6) is -0.310. The molecule has 1 heterocycles. The molecule has 0 saturated heterocycles. The van der Waals surface area contributed by atoms with Crippen LogP contribution in [0.2, 0.25) is 0 Å². The molecule has 1 atom stereocenters. The smallest absolute Gasteiger partial charge is 0.416 e. The fourth-order valence-electron chi connectivity index (χ4n) is 2.98. The number of hydrogen-bond donors (Lipinski definition) is 1. The zero-order chi connectivity index (χ0) is 21.1. The van der Waals surface area contributed by atoms with Gasteiger partial charge >= 0.3 is 6.18 Å². The molecule has 1 N–H and O–H groups in total. The van der Waals surface area contributed by atoms with E-state index in [1.54, 1.807) is 30.3 Å². The second-order valence-electron chi connectivity index (χ2n) is 6.49. The average Bonchev–Trinajstić information content (AvgIpc) is 3.23. The van der Waals surface area contributed by atoms with Crippen molar-refractivity contribution in [2.75, 3.05) is 5.32 Å². The van der Waals surface area contributed by atoms with Gasteiger partial charge in [0.2, 0.25) is 11.8 Å². The van der Waals surface area contributed by atoms with Crippen LogP contribution < -0.4 is 5.32 Å². The van der Waals surface area contributed by atoms with Crippen LogP contribution >= 0.6 is 0 Å². The van der Waals surface area contributed by atoms with E-state index in [-0.39, 0.29) is 23.0 Å². The zero-order valence-corrected chi connectivity index (χ0v) is 15.4. The number of nitrogens with one attached hydrogen (secondary N) is 1. The van der Waals surface area contributed by atoms with Gasteiger partial charge in [-0.15, -0.1) is 10.2 Å². The van der Waals surface area contributed by atoms with Crippen molar-refractivity contribution < 1.29 is 22.0 Å². The Morgan fingerprint density at radius 3 is 2.30 bits per heavy atom. The Balaban J connectivity index is 1.74. The number of rotatable bonds is 5. The van der Waals surface area contributed by atoms with Crippen LogP contribution in [-0.2, 0) is 6.18 Å². The van der Waals surface area contributed by atoms with Crippen molar-refractivity contribution in [3.8, 4) is 11.5 Å². The molecule has 0 fully saturated rings. The van der Waals surface area contributed by atoms with Crippen molar-refractivity contribution in [1.82, 2.24) is 10.2 Å². The van der Waals surface area contributed by atoms with Gasteiger partial charge in [0.25, 0.3) is 0 Å². The molecule has 3 aromatic carbocycles. The highest BCUT2D eigenvalue weighted by Gasteiger charge is 2.31. The van der Waals surface area contributed by atoms with E-state index in [9.17, 15) is 17.6 Å².